The molecule has 0 heterocycles. The molecule has 0 spiro atoms. The fourth-order valence-corrected chi connectivity index (χ4v) is 4.09. The molecule has 0 bridgehead atoms. The van der Waals surface area contributed by atoms with Gasteiger partial charge in [0, 0.05) is 0 Å². The number of sulfonamides is 1. The van der Waals surface area contributed by atoms with Gasteiger partial charge in [-0.1, -0.05) is 60.2 Å². The third-order valence-corrected chi connectivity index (χ3v) is 5.98. The Morgan fingerprint density at radius 3 is 2.10 bits per heavy atom. The number of methoxy groups -OCH3 is 1. The summed E-state index contributed by atoms with van der Waals surface area (Å²) in [4.78, 5) is 0.00899. The van der Waals surface area contributed by atoms with Crippen molar-refractivity contribution in [3.8, 4) is 0 Å². The van der Waals surface area contributed by atoms with Gasteiger partial charge in [0.15, 0.2) is 0 Å². The molecule has 156 valence electrons. The number of aliphatic hydroxyl groups is 1. The number of ether oxygens (including phenoxy) is 1. The zero-order chi connectivity index (χ0) is 21.7. The van der Waals surface area contributed by atoms with Crippen molar-refractivity contribution in [2.45, 2.75) is 23.8 Å². The minimum Gasteiger partial charge on any atom is -0.483 e. The number of rotatable bonds is 6. The summed E-state index contributed by atoms with van der Waals surface area (Å²) >= 11 is 0. The summed E-state index contributed by atoms with van der Waals surface area (Å²) in [6.07, 6.45) is -1.16. The lowest BCUT2D eigenvalue weighted by atomic mass is 9.89. The van der Waals surface area contributed by atoms with Gasteiger partial charge in [0.05, 0.1) is 24.0 Å². The quantitative estimate of drug-likeness (QED) is 0.468. The van der Waals surface area contributed by atoms with E-state index in [2.05, 4.69) is 4.40 Å². The fourth-order valence-electron chi connectivity index (χ4n) is 3.08. The van der Waals surface area contributed by atoms with E-state index in [0.717, 1.165) is 5.56 Å². The third kappa shape index (κ3) is 4.93. The molecule has 0 saturated carbocycles. The van der Waals surface area contributed by atoms with E-state index >= 15 is 0 Å². The lowest BCUT2D eigenvalue weighted by Gasteiger charge is -2.24. The summed E-state index contributed by atoms with van der Waals surface area (Å²) in [5.41, 5.74) is 1.92. The van der Waals surface area contributed by atoms with Gasteiger partial charge in [-0.05, 0) is 42.3 Å². The van der Waals surface area contributed by atoms with Crippen LogP contribution in [0.5, 0.6) is 0 Å². The maximum atomic E-state index is 13.5. The molecule has 0 aromatic heterocycles. The van der Waals surface area contributed by atoms with Gasteiger partial charge in [0.25, 0.3) is 10.0 Å². The molecule has 0 aliphatic rings. The van der Waals surface area contributed by atoms with Crippen LogP contribution in [0, 0.1) is 12.7 Å². The van der Waals surface area contributed by atoms with Crippen LogP contribution in [0.25, 0.3) is 0 Å². The first-order chi connectivity index (χ1) is 14.3. The van der Waals surface area contributed by atoms with Crippen LogP contribution in [0.2, 0.25) is 0 Å². The number of hydrogen-bond acceptors (Lipinski definition) is 4. The summed E-state index contributed by atoms with van der Waals surface area (Å²) < 4.78 is 48.4. The average Bonchev–Trinajstić information content (AvgIpc) is 2.75. The second-order valence-corrected chi connectivity index (χ2v) is 8.41. The standard InChI is InChI=1S/C23H22FNO4S/c1-16-8-14-20(15-9-16)30(27,28)25-23(29-2)21(17-10-12-19(24)13-11-17)22(26)18-6-4-3-5-7-18/h3-15,21-22,26H,1-2H3/b25-23-/t21-,22-/m1/s1. The van der Waals surface area contributed by atoms with E-state index in [1.807, 2.05) is 6.92 Å². The molecule has 3 aromatic rings. The Hall–Kier alpha value is -3.03. The molecule has 0 unspecified atom stereocenters. The van der Waals surface area contributed by atoms with Crippen LogP contribution in [0.4, 0.5) is 4.39 Å². The summed E-state index contributed by atoms with van der Waals surface area (Å²) in [6, 6.07) is 20.4. The number of nitrogens with zero attached hydrogens (tertiary/aromatic N) is 1. The van der Waals surface area contributed by atoms with E-state index in [0.29, 0.717) is 11.1 Å². The van der Waals surface area contributed by atoms with Gasteiger partial charge in [-0.2, -0.15) is 8.42 Å². The molecule has 1 N–H and O–H groups in total. The van der Waals surface area contributed by atoms with Crippen molar-refractivity contribution in [3.05, 3.63) is 101 Å². The SMILES string of the molecule is CO/C(=N\S(=O)(=O)c1ccc(C)cc1)[C@H](c1ccc(F)cc1)[C@H](O)c1ccccc1. The smallest absolute Gasteiger partial charge is 0.285 e. The van der Waals surface area contributed by atoms with Crippen molar-refractivity contribution < 1.29 is 22.7 Å². The molecule has 0 amide bonds. The number of benzene rings is 3. The summed E-state index contributed by atoms with van der Waals surface area (Å²) in [7, 11) is -2.80. The Kier molecular flexibility index (Phi) is 6.64. The Labute approximate surface area is 175 Å². The maximum Gasteiger partial charge on any atom is 0.285 e. The molecule has 3 rings (SSSR count). The molecule has 0 fully saturated rings. The Morgan fingerprint density at radius 2 is 1.53 bits per heavy atom. The van der Waals surface area contributed by atoms with Crippen molar-refractivity contribution in [2.75, 3.05) is 7.11 Å². The van der Waals surface area contributed by atoms with E-state index in [1.165, 1.54) is 43.5 Å². The van der Waals surface area contributed by atoms with Crippen LogP contribution in [-0.2, 0) is 14.8 Å². The topological polar surface area (TPSA) is 76.0 Å². The molecule has 0 aliphatic carbocycles. The minimum atomic E-state index is -4.09. The predicted octanol–water partition coefficient (Wildman–Crippen LogP) is 4.39. The highest BCUT2D eigenvalue weighted by molar-refractivity contribution is 7.90. The highest BCUT2D eigenvalue weighted by atomic mass is 32.2. The van der Waals surface area contributed by atoms with Crippen molar-refractivity contribution in [1.29, 1.82) is 0 Å². The van der Waals surface area contributed by atoms with Gasteiger partial charge in [-0.15, -0.1) is 4.40 Å². The monoisotopic (exact) mass is 427 g/mol. The van der Waals surface area contributed by atoms with Crippen LogP contribution in [0.3, 0.4) is 0 Å². The van der Waals surface area contributed by atoms with Crippen molar-refractivity contribution >= 4 is 15.9 Å². The van der Waals surface area contributed by atoms with E-state index in [1.54, 1.807) is 42.5 Å². The maximum absolute atomic E-state index is 13.5. The van der Waals surface area contributed by atoms with Crippen molar-refractivity contribution in [3.63, 3.8) is 0 Å². The van der Waals surface area contributed by atoms with E-state index in [-0.39, 0.29) is 10.8 Å². The summed E-state index contributed by atoms with van der Waals surface area (Å²) in [6.45, 7) is 1.85. The Bertz CT molecular complexity index is 1110. The first-order valence-corrected chi connectivity index (χ1v) is 10.7. The molecule has 30 heavy (non-hydrogen) atoms. The zero-order valence-electron chi connectivity index (χ0n) is 16.6. The molecule has 7 heteroatoms. The first kappa shape index (κ1) is 21.7. The molecular weight excluding hydrogens is 405 g/mol. The molecular formula is C23H22FNO4S. The zero-order valence-corrected chi connectivity index (χ0v) is 17.4. The van der Waals surface area contributed by atoms with Gasteiger partial charge < -0.3 is 9.84 Å². The van der Waals surface area contributed by atoms with Gasteiger partial charge in [0.1, 0.15) is 5.82 Å². The van der Waals surface area contributed by atoms with Crippen LogP contribution >= 0.6 is 0 Å². The molecule has 0 radical (unpaired) electrons. The Morgan fingerprint density at radius 1 is 0.933 bits per heavy atom. The Balaban J connectivity index is 2.11. The second-order valence-electron chi connectivity index (χ2n) is 6.81. The van der Waals surface area contributed by atoms with Crippen molar-refractivity contribution in [2.24, 2.45) is 4.40 Å². The molecule has 0 aliphatic heterocycles. The van der Waals surface area contributed by atoms with Gasteiger partial charge in [-0.25, -0.2) is 4.39 Å². The lowest BCUT2D eigenvalue weighted by Crippen LogP contribution is -2.23. The highest BCUT2D eigenvalue weighted by Crippen LogP contribution is 2.33. The van der Waals surface area contributed by atoms with Crippen LogP contribution in [0.15, 0.2) is 88.2 Å². The highest BCUT2D eigenvalue weighted by Gasteiger charge is 2.31. The molecule has 0 saturated heterocycles. The van der Waals surface area contributed by atoms with Crippen LogP contribution in [-0.4, -0.2) is 26.5 Å². The number of aliphatic hydroxyl groups excluding tert-OH is 1. The first-order valence-electron chi connectivity index (χ1n) is 9.26. The second kappa shape index (κ2) is 9.19. The van der Waals surface area contributed by atoms with E-state index in [9.17, 15) is 17.9 Å². The predicted molar refractivity (Wildman–Crippen MR) is 113 cm³/mol. The largest absolute Gasteiger partial charge is 0.483 e. The minimum absolute atomic E-state index is 0.00899. The normalized spacial score (nSPS) is 14.2. The fraction of sp³-hybridized carbons (Fsp3) is 0.174. The third-order valence-electron chi connectivity index (χ3n) is 4.69. The summed E-state index contributed by atoms with van der Waals surface area (Å²) in [5.74, 6) is -1.60. The number of aryl methyl sites for hydroxylation is 1. The molecule has 3 aromatic carbocycles. The van der Waals surface area contributed by atoms with E-state index < -0.39 is 27.9 Å². The van der Waals surface area contributed by atoms with Crippen LogP contribution < -0.4 is 0 Å². The molecule has 5 nitrogen and oxygen atoms in total. The lowest BCUT2D eigenvalue weighted by molar-refractivity contribution is 0.158. The van der Waals surface area contributed by atoms with Crippen molar-refractivity contribution in [1.82, 2.24) is 0 Å². The number of halogens is 1. The molecule has 2 atom stereocenters. The average molecular weight is 427 g/mol. The number of hydrogen-bond donors (Lipinski definition) is 1. The van der Waals surface area contributed by atoms with Gasteiger partial charge in [0.2, 0.25) is 5.90 Å². The van der Waals surface area contributed by atoms with Crippen LogP contribution in [0.1, 0.15) is 28.7 Å². The van der Waals surface area contributed by atoms with Gasteiger partial charge >= 0.3 is 0 Å². The van der Waals surface area contributed by atoms with E-state index in [4.69, 9.17) is 4.74 Å². The van der Waals surface area contributed by atoms with Gasteiger partial charge in [-0.3, -0.25) is 0 Å². The summed E-state index contributed by atoms with van der Waals surface area (Å²) in [5, 5.41) is 11.1.